The van der Waals surface area contributed by atoms with Crippen LogP contribution < -0.4 is 9.62 Å². The van der Waals surface area contributed by atoms with Gasteiger partial charge in [0.1, 0.15) is 23.2 Å². The molecule has 0 spiro atoms. The number of anilines is 1. The van der Waals surface area contributed by atoms with E-state index in [9.17, 15) is 13.2 Å². The molecule has 2 heterocycles. The van der Waals surface area contributed by atoms with Gasteiger partial charge in [0.2, 0.25) is 10.0 Å². The van der Waals surface area contributed by atoms with Gasteiger partial charge in [0.15, 0.2) is 5.82 Å². The number of amides is 1. The Morgan fingerprint density at radius 1 is 1.00 bits per heavy atom. The number of hydrogen-bond acceptors (Lipinski definition) is 5. The Balaban J connectivity index is 1.67. The van der Waals surface area contributed by atoms with E-state index in [1.807, 2.05) is 61.5 Å². The van der Waals surface area contributed by atoms with Crippen molar-refractivity contribution in [2.24, 2.45) is 0 Å². The highest BCUT2D eigenvalue weighted by atomic mass is 32.2. The summed E-state index contributed by atoms with van der Waals surface area (Å²) >= 11 is 0. The third-order valence-corrected chi connectivity index (χ3v) is 8.55. The van der Waals surface area contributed by atoms with Crippen LogP contribution in [0.15, 0.2) is 89.6 Å². The number of para-hydroxylation sites is 1. The van der Waals surface area contributed by atoms with Gasteiger partial charge in [-0.15, -0.1) is 0 Å². The Morgan fingerprint density at radius 2 is 1.71 bits per heavy atom. The van der Waals surface area contributed by atoms with Gasteiger partial charge in [-0.3, -0.25) is 13.7 Å². The summed E-state index contributed by atoms with van der Waals surface area (Å²) in [4.78, 5) is 17.5. The maximum absolute atomic E-state index is 15.6. The fourth-order valence-corrected chi connectivity index (χ4v) is 5.59. The molecule has 0 saturated carbocycles. The Morgan fingerprint density at radius 3 is 2.38 bits per heavy atom. The second-order valence-corrected chi connectivity index (χ2v) is 12.1. The van der Waals surface area contributed by atoms with Gasteiger partial charge in [-0.05, 0) is 42.8 Å². The smallest absolute Gasteiger partial charge is 0.255 e. The summed E-state index contributed by atoms with van der Waals surface area (Å²) < 4.78 is 50.2. The molecule has 8 nitrogen and oxygen atoms in total. The molecule has 4 aromatic carbocycles. The predicted molar refractivity (Wildman–Crippen MR) is 163 cm³/mol. The van der Waals surface area contributed by atoms with Crippen LogP contribution in [0.1, 0.15) is 15.9 Å². The van der Waals surface area contributed by atoms with Gasteiger partial charge in [0, 0.05) is 42.4 Å². The van der Waals surface area contributed by atoms with E-state index >= 15 is 4.39 Å². The normalized spacial score (nSPS) is 11.7. The van der Waals surface area contributed by atoms with Crippen molar-refractivity contribution in [1.82, 2.24) is 14.9 Å². The number of nitrogens with one attached hydrogen (secondary N) is 1. The van der Waals surface area contributed by atoms with Crippen LogP contribution in [0.5, 0.6) is 0 Å². The van der Waals surface area contributed by atoms with Crippen molar-refractivity contribution in [2.75, 3.05) is 24.7 Å². The first-order chi connectivity index (χ1) is 20.1. The number of halogens is 1. The van der Waals surface area contributed by atoms with Crippen molar-refractivity contribution in [3.63, 3.8) is 0 Å². The van der Waals surface area contributed by atoms with Gasteiger partial charge in [0.25, 0.3) is 5.91 Å². The summed E-state index contributed by atoms with van der Waals surface area (Å²) in [5.41, 5.74) is 4.89. The van der Waals surface area contributed by atoms with Crippen molar-refractivity contribution in [3.8, 4) is 28.1 Å². The summed E-state index contributed by atoms with van der Waals surface area (Å²) in [6, 6.07) is 23.3. The van der Waals surface area contributed by atoms with Crippen LogP contribution in [0.4, 0.5) is 10.1 Å². The molecule has 0 unspecified atom stereocenters. The van der Waals surface area contributed by atoms with E-state index in [2.05, 4.69) is 10.3 Å². The van der Waals surface area contributed by atoms with Crippen LogP contribution >= 0.6 is 0 Å². The second kappa shape index (κ2) is 10.1. The van der Waals surface area contributed by atoms with Crippen molar-refractivity contribution in [2.45, 2.75) is 6.92 Å². The number of benzene rings is 4. The zero-order valence-electron chi connectivity index (χ0n) is 23.3. The number of furan rings is 1. The molecule has 42 heavy (non-hydrogen) atoms. The average Bonchev–Trinajstić information content (AvgIpc) is 3.58. The molecule has 0 atom stereocenters. The number of aryl methyl sites for hydroxylation is 1. The lowest BCUT2D eigenvalue weighted by atomic mass is 9.97. The Hall–Kier alpha value is -4.96. The van der Waals surface area contributed by atoms with Gasteiger partial charge in [-0.1, -0.05) is 48.0 Å². The number of carbonyl (C=O) groups is 1. The van der Waals surface area contributed by atoms with Gasteiger partial charge >= 0.3 is 0 Å². The molecule has 6 rings (SSSR count). The monoisotopic (exact) mass is 582 g/mol. The molecule has 0 aliphatic carbocycles. The Labute approximate surface area is 242 Å². The van der Waals surface area contributed by atoms with Gasteiger partial charge in [-0.25, -0.2) is 17.8 Å². The van der Waals surface area contributed by atoms with Crippen molar-refractivity contribution in [1.29, 1.82) is 0 Å². The molecule has 0 radical (unpaired) electrons. The Bertz CT molecular complexity index is 2100. The van der Waals surface area contributed by atoms with E-state index in [1.54, 1.807) is 29.1 Å². The third kappa shape index (κ3) is 4.59. The van der Waals surface area contributed by atoms with Crippen LogP contribution in [0.3, 0.4) is 0 Å². The molecule has 2 aromatic heterocycles. The minimum atomic E-state index is -3.73. The van der Waals surface area contributed by atoms with E-state index < -0.39 is 15.8 Å². The minimum Gasteiger partial charge on any atom is -0.455 e. The number of nitrogens with zero attached hydrogens (tertiary/aromatic N) is 3. The first-order valence-electron chi connectivity index (χ1n) is 13.1. The lowest BCUT2D eigenvalue weighted by Gasteiger charge is -2.21. The maximum atomic E-state index is 15.6. The average molecular weight is 583 g/mol. The van der Waals surface area contributed by atoms with Crippen LogP contribution in [-0.4, -0.2) is 44.2 Å². The molecular formula is C32H27FN4O4S. The fraction of sp³-hybridized carbons (Fsp3) is 0.125. The first-order valence-corrected chi connectivity index (χ1v) is 15.0. The van der Waals surface area contributed by atoms with E-state index in [1.165, 1.54) is 20.2 Å². The summed E-state index contributed by atoms with van der Waals surface area (Å²) in [5, 5.41) is 3.14. The molecule has 0 aliphatic rings. The van der Waals surface area contributed by atoms with Gasteiger partial charge in [-0.2, -0.15) is 0 Å². The summed E-state index contributed by atoms with van der Waals surface area (Å²) in [6.07, 6.45) is 2.64. The van der Waals surface area contributed by atoms with Crippen LogP contribution in [-0.2, 0) is 10.0 Å². The quantitative estimate of drug-likeness (QED) is 0.248. The second-order valence-electron chi connectivity index (χ2n) is 10.1. The van der Waals surface area contributed by atoms with Gasteiger partial charge in [0.05, 0.1) is 23.0 Å². The molecule has 0 bridgehead atoms. The highest BCUT2D eigenvalue weighted by Crippen LogP contribution is 2.42. The summed E-state index contributed by atoms with van der Waals surface area (Å²) in [7, 11) is -0.776. The topological polar surface area (TPSA) is 97.4 Å². The molecule has 1 N–H and O–H groups in total. The third-order valence-electron chi connectivity index (χ3n) is 7.36. The number of rotatable bonds is 6. The van der Waals surface area contributed by atoms with Crippen LogP contribution in [0.2, 0.25) is 0 Å². The molecule has 0 aliphatic heterocycles. The molecule has 6 aromatic rings. The molecule has 0 saturated heterocycles. The minimum absolute atomic E-state index is 0.178. The standard InChI is InChI=1S/C32H27FN4O4S/c1-19-10-12-20(13-11-19)31-29(32(38)34-2)24-16-23(26(17-28(24)41-31)36(3)42(4,39)40)21-14-25(33)30-27(15-21)37(18-35-30)22-8-6-5-7-9-22/h5-18H,1-4H3,(H,34,38). The Kier molecular flexibility index (Phi) is 6.58. The highest BCUT2D eigenvalue weighted by Gasteiger charge is 2.26. The van der Waals surface area contributed by atoms with E-state index in [0.29, 0.717) is 44.5 Å². The molecule has 10 heteroatoms. The molecule has 1 amide bonds. The lowest BCUT2D eigenvalue weighted by molar-refractivity contribution is 0.0964. The number of fused-ring (bicyclic) bond motifs is 2. The van der Waals surface area contributed by atoms with E-state index in [-0.39, 0.29) is 17.1 Å². The highest BCUT2D eigenvalue weighted by molar-refractivity contribution is 7.92. The number of hydrogen-bond donors (Lipinski definition) is 1. The lowest BCUT2D eigenvalue weighted by Crippen LogP contribution is -2.25. The van der Waals surface area contributed by atoms with Crippen LogP contribution in [0, 0.1) is 12.7 Å². The molecule has 212 valence electrons. The largest absolute Gasteiger partial charge is 0.455 e. The van der Waals surface area contributed by atoms with E-state index in [0.717, 1.165) is 21.8 Å². The van der Waals surface area contributed by atoms with E-state index in [4.69, 9.17) is 4.42 Å². The first kappa shape index (κ1) is 27.2. The van der Waals surface area contributed by atoms with Crippen LogP contribution in [0.25, 0.3) is 50.1 Å². The number of aromatic nitrogens is 2. The van der Waals surface area contributed by atoms with Crippen molar-refractivity contribution in [3.05, 3.63) is 102 Å². The maximum Gasteiger partial charge on any atom is 0.255 e. The zero-order chi connectivity index (χ0) is 29.8. The molecule has 0 fully saturated rings. The number of sulfonamides is 1. The predicted octanol–water partition coefficient (Wildman–Crippen LogP) is 6.31. The summed E-state index contributed by atoms with van der Waals surface area (Å²) in [6.45, 7) is 1.96. The van der Waals surface area contributed by atoms with Crippen molar-refractivity contribution < 1.29 is 22.0 Å². The SMILES string of the molecule is CNC(=O)c1c(-c2ccc(C)cc2)oc2cc(N(C)S(C)(=O)=O)c(-c3cc(F)c4ncn(-c5ccccc5)c4c3)cc12. The number of imidazole rings is 1. The van der Waals surface area contributed by atoms with Crippen molar-refractivity contribution >= 4 is 43.6 Å². The zero-order valence-corrected chi connectivity index (χ0v) is 24.2. The fourth-order valence-electron chi connectivity index (χ4n) is 5.08. The molecular weight excluding hydrogens is 555 g/mol. The number of carbonyl (C=O) groups excluding carboxylic acids is 1. The summed E-state index contributed by atoms with van der Waals surface area (Å²) in [5.74, 6) is -0.592. The van der Waals surface area contributed by atoms with Gasteiger partial charge < -0.3 is 9.73 Å².